The number of aliphatic hydroxyl groups excluding tert-OH is 5. The van der Waals surface area contributed by atoms with Gasteiger partial charge in [0, 0.05) is 100 Å². The molecule has 636 valence electrons. The highest BCUT2D eigenvalue weighted by Gasteiger charge is 2.43. The lowest BCUT2D eigenvalue weighted by Gasteiger charge is -2.36. The fraction of sp³-hybridized carbons (Fsp3) is 0.675. The SMILES string of the molecule is CCC(CO)(COC(=O)/C=C/C(=O)OC)C(=O)N1CCCCC1.CCC(CO)(COC(=O)/C=C/C(=O)OC)C(=O)OCCCCN1CCCCC1.CCC(CO)(COC(=O)/C=C/C(=O)OC)C(C)=O.CCN(CC)C(=O)C(CC)(CO)COC(=O)/C=C/C(=O)OC.COC(=O)/C=C/C(=O)OCC(CO)C(=O)N1CCCCC1. The fourth-order valence-electron chi connectivity index (χ4n) is 10.4. The van der Waals surface area contributed by atoms with Crippen LogP contribution in [0.4, 0.5) is 0 Å². The van der Waals surface area contributed by atoms with E-state index in [0.717, 1.165) is 132 Å². The number of carbonyl (C=O) groups excluding carboxylic acids is 15. The summed E-state index contributed by atoms with van der Waals surface area (Å²) in [5, 5.41) is 47.5. The number of amides is 3. The van der Waals surface area contributed by atoms with Crippen LogP contribution in [0.3, 0.4) is 0 Å². The molecule has 0 aromatic heterocycles. The fourth-order valence-corrected chi connectivity index (χ4v) is 10.4. The summed E-state index contributed by atoms with van der Waals surface area (Å²) in [5.41, 5.74) is -4.68. The summed E-state index contributed by atoms with van der Waals surface area (Å²) >= 11 is 0. The van der Waals surface area contributed by atoms with Crippen molar-refractivity contribution in [2.75, 3.05) is 167 Å². The van der Waals surface area contributed by atoms with E-state index in [1.165, 1.54) is 61.7 Å². The Kier molecular flexibility index (Phi) is 56.5. The molecule has 3 fully saturated rings. The zero-order valence-corrected chi connectivity index (χ0v) is 67.2. The van der Waals surface area contributed by atoms with Crippen LogP contribution in [0.1, 0.15) is 145 Å². The van der Waals surface area contributed by atoms with Crippen molar-refractivity contribution in [2.24, 2.45) is 27.6 Å². The van der Waals surface area contributed by atoms with Gasteiger partial charge in [-0.15, -0.1) is 0 Å². The van der Waals surface area contributed by atoms with E-state index in [1.807, 2.05) is 13.8 Å². The number of unbranched alkanes of at least 4 members (excludes halogenated alkanes) is 1. The molecule has 5 atom stereocenters. The standard InChI is InChI=1S/C20H33NO7.C16H25NO6.C15H25NO6.C14H21NO6.C12H18O6/c1-3-20(15-22,16-28-18(24)10-9-17(23)26-2)19(25)27-14-8-7-13-21-11-5-4-6-12-21;1-3-16(11-18,15(21)17-9-5-4-6-10-17)12-23-14(20)8-7-13(19)22-2;1-5-15(10-17,14(20)16(6-2)7-3)11-22-13(19)9-8-12(18)21-4;1-20-12(17)5-6-13(18)21-10-11(9-16)14(19)15-7-3-2-4-8-15;1-4-12(7-13,9(2)14)8-18-11(16)6-5-10(15)17-3/h9-10,22H,3-8,11-16H2,1-2H3;7-8,18H,3-6,9-12H2,1-2H3;8-9,17H,5-7,10-11H2,1-4H3;5-6,11,16H,2-4,7-10H2,1H3;5-6,13H,4,7-8H2,1-3H3/b10-9+;8-7+;9-8+;2*6-5+. The van der Waals surface area contributed by atoms with Gasteiger partial charge >= 0.3 is 65.7 Å². The van der Waals surface area contributed by atoms with Crippen molar-refractivity contribution in [3.63, 3.8) is 0 Å². The zero-order chi connectivity index (χ0) is 85.1. The first-order valence-electron chi connectivity index (χ1n) is 37.3. The molecule has 0 aromatic rings. The van der Waals surface area contributed by atoms with E-state index < -0.39 is 120 Å². The molecule has 3 rings (SSSR count). The molecule has 5 unspecified atom stereocenters. The van der Waals surface area contributed by atoms with Crippen LogP contribution in [0, 0.1) is 27.6 Å². The number of piperidine rings is 3. The van der Waals surface area contributed by atoms with E-state index in [1.54, 1.807) is 42.4 Å². The summed E-state index contributed by atoms with van der Waals surface area (Å²) in [5.74, 6) is -9.50. The number of likely N-dealkylation sites (tertiary alicyclic amines) is 3. The number of esters is 11. The number of hydrogen-bond donors (Lipinski definition) is 5. The van der Waals surface area contributed by atoms with Crippen molar-refractivity contribution in [3.8, 4) is 0 Å². The zero-order valence-electron chi connectivity index (χ0n) is 67.2. The van der Waals surface area contributed by atoms with Gasteiger partial charge < -0.3 is 97.2 Å². The largest absolute Gasteiger partial charge is 0.466 e. The number of rotatable bonds is 41. The van der Waals surface area contributed by atoms with Crippen LogP contribution < -0.4 is 0 Å². The molecule has 35 heteroatoms. The minimum absolute atomic E-state index is 0.188. The van der Waals surface area contributed by atoms with Crippen LogP contribution in [0.25, 0.3) is 0 Å². The van der Waals surface area contributed by atoms with Gasteiger partial charge in [-0.25, -0.2) is 47.9 Å². The quantitative estimate of drug-likeness (QED) is 0.0254. The Balaban J connectivity index is 0. The predicted molar refractivity (Wildman–Crippen MR) is 400 cm³/mol. The Morgan fingerprint density at radius 2 is 0.688 bits per heavy atom. The molecule has 0 bridgehead atoms. The number of carbonyl (C=O) groups is 15. The second kappa shape index (κ2) is 60.4. The van der Waals surface area contributed by atoms with Crippen LogP contribution in [-0.2, 0) is 124 Å². The molecule has 35 nitrogen and oxygen atoms in total. The highest BCUT2D eigenvalue weighted by Crippen LogP contribution is 2.29. The van der Waals surface area contributed by atoms with E-state index in [2.05, 4.69) is 28.6 Å². The Morgan fingerprint density at radius 1 is 0.375 bits per heavy atom. The molecular weight excluding hydrogens is 1480 g/mol. The van der Waals surface area contributed by atoms with E-state index >= 15 is 0 Å². The Hall–Kier alpha value is -9.29. The number of ether oxygens (including phenoxy) is 11. The molecule has 3 heterocycles. The van der Waals surface area contributed by atoms with E-state index in [-0.39, 0.29) is 76.2 Å². The van der Waals surface area contributed by atoms with Crippen molar-refractivity contribution < 1.29 is 150 Å². The third-order valence-corrected chi connectivity index (χ3v) is 18.7. The van der Waals surface area contributed by atoms with Crippen LogP contribution in [0.5, 0.6) is 0 Å². The summed E-state index contributed by atoms with van der Waals surface area (Å²) in [6.45, 7) is 15.9. The normalized spacial score (nSPS) is 15.9. The minimum atomic E-state index is -1.30. The van der Waals surface area contributed by atoms with Crippen molar-refractivity contribution in [2.45, 2.75) is 145 Å². The summed E-state index contributed by atoms with van der Waals surface area (Å²) in [6.07, 6.45) is 22.0. The molecule has 0 spiro atoms. The van der Waals surface area contributed by atoms with Crippen LogP contribution in [0.2, 0.25) is 0 Å². The third-order valence-electron chi connectivity index (χ3n) is 18.7. The van der Waals surface area contributed by atoms with Crippen molar-refractivity contribution in [1.82, 2.24) is 19.6 Å². The molecule has 0 aliphatic carbocycles. The van der Waals surface area contributed by atoms with Crippen molar-refractivity contribution in [1.29, 1.82) is 0 Å². The van der Waals surface area contributed by atoms with Gasteiger partial charge in [-0.3, -0.25) is 24.0 Å². The smallest absolute Gasteiger partial charge is 0.331 e. The summed E-state index contributed by atoms with van der Waals surface area (Å²) in [6, 6.07) is 0. The van der Waals surface area contributed by atoms with Crippen molar-refractivity contribution in [3.05, 3.63) is 60.8 Å². The number of aliphatic hydroxyl groups is 5. The summed E-state index contributed by atoms with van der Waals surface area (Å²) in [4.78, 5) is 180. The number of Topliss-reactive ketones (excluding diaryl/α,β-unsaturated/α-hetero) is 1. The number of nitrogens with zero attached hydrogens (tertiary/aromatic N) is 4. The van der Waals surface area contributed by atoms with Crippen LogP contribution in [-0.4, -0.2) is 301 Å². The van der Waals surface area contributed by atoms with Gasteiger partial charge in [0.1, 0.15) is 55.1 Å². The predicted octanol–water partition coefficient (Wildman–Crippen LogP) is 2.75. The van der Waals surface area contributed by atoms with Gasteiger partial charge in [0.15, 0.2) is 0 Å². The molecule has 3 aliphatic heterocycles. The van der Waals surface area contributed by atoms with Crippen molar-refractivity contribution >= 4 is 89.2 Å². The van der Waals surface area contributed by atoms with Gasteiger partial charge in [0.05, 0.1) is 86.5 Å². The van der Waals surface area contributed by atoms with Gasteiger partial charge in [-0.1, -0.05) is 34.1 Å². The molecule has 3 amide bonds. The Morgan fingerprint density at radius 3 is 1.01 bits per heavy atom. The van der Waals surface area contributed by atoms with E-state index in [9.17, 15) is 97.5 Å². The maximum Gasteiger partial charge on any atom is 0.331 e. The molecular formula is C77H122N4O31. The van der Waals surface area contributed by atoms with Crippen LogP contribution in [0.15, 0.2) is 60.8 Å². The first-order valence-corrected chi connectivity index (χ1v) is 37.3. The highest BCUT2D eigenvalue weighted by atomic mass is 16.6. The van der Waals surface area contributed by atoms with Gasteiger partial charge in [-0.05, 0) is 130 Å². The molecule has 0 aromatic carbocycles. The Labute approximate surface area is 656 Å². The van der Waals surface area contributed by atoms with Gasteiger partial charge in [0.2, 0.25) is 17.7 Å². The Bertz CT molecular complexity index is 3050. The topological polar surface area (TPSA) is 472 Å². The first kappa shape index (κ1) is 105. The first-order chi connectivity index (χ1) is 53.3. The van der Waals surface area contributed by atoms with Crippen LogP contribution >= 0.6 is 0 Å². The number of ketones is 1. The second-order valence-corrected chi connectivity index (χ2v) is 25.9. The van der Waals surface area contributed by atoms with E-state index in [4.69, 9.17) is 28.4 Å². The molecule has 5 N–H and O–H groups in total. The molecule has 0 radical (unpaired) electrons. The lowest BCUT2D eigenvalue weighted by molar-refractivity contribution is -0.167. The minimum Gasteiger partial charge on any atom is -0.466 e. The lowest BCUT2D eigenvalue weighted by Crippen LogP contribution is -2.50. The maximum atomic E-state index is 12.7. The number of hydrogen-bond acceptors (Lipinski definition) is 32. The molecule has 112 heavy (non-hydrogen) atoms. The molecule has 3 aliphatic rings. The monoisotopic (exact) mass is 1600 g/mol. The highest BCUT2D eigenvalue weighted by molar-refractivity contribution is 5.95. The van der Waals surface area contributed by atoms with E-state index in [0.29, 0.717) is 58.5 Å². The third kappa shape index (κ3) is 40.8. The second-order valence-electron chi connectivity index (χ2n) is 25.9. The number of methoxy groups -OCH3 is 5. The summed E-state index contributed by atoms with van der Waals surface area (Å²) < 4.78 is 51.8. The lowest BCUT2D eigenvalue weighted by atomic mass is 9.83. The summed E-state index contributed by atoms with van der Waals surface area (Å²) in [7, 11) is 5.95. The average Bonchev–Trinajstić information content (AvgIpc) is 0.818. The molecule has 0 saturated carbocycles. The molecule has 3 saturated heterocycles. The maximum absolute atomic E-state index is 12.7. The van der Waals surface area contributed by atoms with Gasteiger partial charge in [0.25, 0.3) is 0 Å². The van der Waals surface area contributed by atoms with Gasteiger partial charge in [-0.2, -0.15) is 0 Å². The average molecular weight is 1600 g/mol.